The zero-order valence-corrected chi connectivity index (χ0v) is 10.1. The molecule has 2 rings (SSSR count). The summed E-state index contributed by atoms with van der Waals surface area (Å²) in [6.45, 7) is 0.764. The van der Waals surface area contributed by atoms with E-state index in [0.717, 1.165) is 28.9 Å². The Morgan fingerprint density at radius 2 is 2.47 bits per heavy atom. The van der Waals surface area contributed by atoms with Crippen LogP contribution in [-0.2, 0) is 6.54 Å². The largest absolute Gasteiger partial charge is 0.298 e. The van der Waals surface area contributed by atoms with Gasteiger partial charge in [0.15, 0.2) is 0 Å². The van der Waals surface area contributed by atoms with Crippen LogP contribution in [0.3, 0.4) is 0 Å². The van der Waals surface area contributed by atoms with Crippen LogP contribution in [-0.4, -0.2) is 21.6 Å². The number of nitrogens with zero attached hydrogens (tertiary/aromatic N) is 2. The second-order valence-corrected chi connectivity index (χ2v) is 5.13. The third-order valence-corrected chi connectivity index (χ3v) is 3.77. The normalized spacial score (nSPS) is 11.0. The molecule has 0 amide bonds. The van der Waals surface area contributed by atoms with Gasteiger partial charge in [0.1, 0.15) is 4.70 Å². The van der Waals surface area contributed by atoms with Crippen LogP contribution in [0.15, 0.2) is 22.6 Å². The summed E-state index contributed by atoms with van der Waals surface area (Å²) >= 11 is 3.27. The topological polar surface area (TPSA) is 34.9 Å². The summed E-state index contributed by atoms with van der Waals surface area (Å²) < 4.78 is 2.47. The van der Waals surface area contributed by atoms with E-state index in [1.807, 2.05) is 11.4 Å². The zero-order chi connectivity index (χ0) is 10.7. The fourth-order valence-electron chi connectivity index (χ4n) is 1.42. The van der Waals surface area contributed by atoms with Crippen LogP contribution in [0.1, 0.15) is 6.42 Å². The number of fused-ring (bicyclic) bond motifs is 1. The van der Waals surface area contributed by atoms with Crippen molar-refractivity contribution < 1.29 is 0 Å². The first-order chi connectivity index (χ1) is 7.33. The van der Waals surface area contributed by atoms with Crippen molar-refractivity contribution in [3.63, 3.8) is 0 Å². The summed E-state index contributed by atoms with van der Waals surface area (Å²) in [6.07, 6.45) is 4.74. The van der Waals surface area contributed by atoms with Crippen molar-refractivity contribution in [2.75, 3.05) is 12.0 Å². The summed E-state index contributed by atoms with van der Waals surface area (Å²) in [5, 5.41) is 1.91. The average Bonchev–Trinajstić information content (AvgIpc) is 2.70. The van der Waals surface area contributed by atoms with Gasteiger partial charge in [-0.3, -0.25) is 9.36 Å². The Morgan fingerprint density at radius 1 is 1.60 bits per heavy atom. The van der Waals surface area contributed by atoms with Gasteiger partial charge in [-0.15, -0.1) is 11.3 Å². The standard InChI is InChI=1S/C10H12N2OS2/c1-14-5-2-4-12-7-11-8-3-6-15-9(8)10(12)13/h3,6-7H,2,4-5H2,1H3. The molecule has 80 valence electrons. The molecule has 0 fully saturated rings. The van der Waals surface area contributed by atoms with Gasteiger partial charge in [0.2, 0.25) is 0 Å². The Morgan fingerprint density at radius 3 is 3.27 bits per heavy atom. The minimum atomic E-state index is 0.0936. The number of rotatable bonds is 4. The second kappa shape index (κ2) is 4.81. The molecule has 0 spiro atoms. The molecule has 0 bridgehead atoms. The number of thiophene rings is 1. The quantitative estimate of drug-likeness (QED) is 0.769. The Bertz CT molecular complexity index is 503. The van der Waals surface area contributed by atoms with Gasteiger partial charge < -0.3 is 0 Å². The van der Waals surface area contributed by atoms with E-state index in [9.17, 15) is 4.79 Å². The van der Waals surface area contributed by atoms with Gasteiger partial charge in [-0.2, -0.15) is 11.8 Å². The predicted molar refractivity (Wildman–Crippen MR) is 66.9 cm³/mol. The molecule has 2 heterocycles. The van der Waals surface area contributed by atoms with Crippen molar-refractivity contribution in [1.29, 1.82) is 0 Å². The molecule has 0 saturated heterocycles. The van der Waals surface area contributed by atoms with E-state index in [-0.39, 0.29) is 5.56 Å². The molecule has 5 heteroatoms. The number of aryl methyl sites for hydroxylation is 1. The van der Waals surface area contributed by atoms with Gasteiger partial charge in [-0.1, -0.05) is 0 Å². The molecule has 2 aromatic heterocycles. The van der Waals surface area contributed by atoms with Crippen LogP contribution in [0.2, 0.25) is 0 Å². The van der Waals surface area contributed by atoms with Crippen molar-refractivity contribution in [1.82, 2.24) is 9.55 Å². The molecule has 0 atom stereocenters. The minimum absolute atomic E-state index is 0.0936. The SMILES string of the molecule is CSCCCn1cnc2ccsc2c1=O. The molecule has 2 aromatic rings. The van der Waals surface area contributed by atoms with Gasteiger partial charge in [0.05, 0.1) is 11.8 Å². The molecular weight excluding hydrogens is 228 g/mol. The van der Waals surface area contributed by atoms with E-state index in [0.29, 0.717) is 0 Å². The molecule has 0 radical (unpaired) electrons. The Hall–Kier alpha value is -0.810. The molecule has 0 aliphatic carbocycles. The van der Waals surface area contributed by atoms with Crippen LogP contribution in [0.25, 0.3) is 10.2 Å². The maximum absolute atomic E-state index is 11.9. The van der Waals surface area contributed by atoms with Crippen LogP contribution in [0, 0.1) is 0 Å². The maximum atomic E-state index is 11.9. The van der Waals surface area contributed by atoms with Gasteiger partial charge in [0, 0.05) is 6.54 Å². The molecule has 0 aliphatic rings. The minimum Gasteiger partial charge on any atom is -0.298 e. The van der Waals surface area contributed by atoms with E-state index in [2.05, 4.69) is 11.2 Å². The molecule has 0 aliphatic heterocycles. The Balaban J connectivity index is 2.28. The third-order valence-electron chi connectivity index (χ3n) is 2.18. The summed E-state index contributed by atoms with van der Waals surface area (Å²) in [7, 11) is 0. The first-order valence-electron chi connectivity index (χ1n) is 4.74. The highest BCUT2D eigenvalue weighted by Gasteiger charge is 2.04. The van der Waals surface area contributed by atoms with Gasteiger partial charge in [-0.25, -0.2) is 4.98 Å². The van der Waals surface area contributed by atoms with Crippen molar-refractivity contribution in [3.05, 3.63) is 28.1 Å². The molecule has 0 saturated carbocycles. The monoisotopic (exact) mass is 240 g/mol. The molecule has 0 unspecified atom stereocenters. The highest BCUT2D eigenvalue weighted by molar-refractivity contribution is 7.98. The van der Waals surface area contributed by atoms with Crippen molar-refractivity contribution in [3.8, 4) is 0 Å². The number of hydrogen-bond acceptors (Lipinski definition) is 4. The van der Waals surface area contributed by atoms with Crippen molar-refractivity contribution >= 4 is 33.3 Å². The highest BCUT2D eigenvalue weighted by atomic mass is 32.2. The summed E-state index contributed by atoms with van der Waals surface area (Å²) in [5.74, 6) is 1.08. The van der Waals surface area contributed by atoms with Crippen LogP contribution in [0.4, 0.5) is 0 Å². The first kappa shape index (κ1) is 10.7. The van der Waals surface area contributed by atoms with E-state index in [1.165, 1.54) is 11.3 Å². The lowest BCUT2D eigenvalue weighted by Gasteiger charge is -2.03. The maximum Gasteiger partial charge on any atom is 0.271 e. The van der Waals surface area contributed by atoms with Crippen molar-refractivity contribution in [2.24, 2.45) is 0 Å². The van der Waals surface area contributed by atoms with E-state index in [4.69, 9.17) is 0 Å². The van der Waals surface area contributed by atoms with E-state index < -0.39 is 0 Å². The fraction of sp³-hybridized carbons (Fsp3) is 0.400. The molecular formula is C10H12N2OS2. The molecule has 15 heavy (non-hydrogen) atoms. The number of thioether (sulfide) groups is 1. The summed E-state index contributed by atoms with van der Waals surface area (Å²) in [5.41, 5.74) is 0.905. The smallest absolute Gasteiger partial charge is 0.271 e. The van der Waals surface area contributed by atoms with E-state index in [1.54, 1.807) is 22.7 Å². The molecule has 0 N–H and O–H groups in total. The van der Waals surface area contributed by atoms with Gasteiger partial charge >= 0.3 is 0 Å². The molecule has 0 aromatic carbocycles. The Kier molecular flexibility index (Phi) is 3.43. The zero-order valence-electron chi connectivity index (χ0n) is 8.47. The van der Waals surface area contributed by atoms with Crippen LogP contribution < -0.4 is 5.56 Å². The Labute approximate surface area is 96.1 Å². The summed E-state index contributed by atoms with van der Waals surface area (Å²) in [4.78, 5) is 16.2. The number of hydrogen-bond donors (Lipinski definition) is 0. The summed E-state index contributed by atoms with van der Waals surface area (Å²) in [6, 6.07) is 1.88. The van der Waals surface area contributed by atoms with Crippen LogP contribution >= 0.6 is 23.1 Å². The second-order valence-electron chi connectivity index (χ2n) is 3.22. The van der Waals surface area contributed by atoms with Gasteiger partial charge in [-0.05, 0) is 29.9 Å². The van der Waals surface area contributed by atoms with Crippen molar-refractivity contribution in [2.45, 2.75) is 13.0 Å². The lowest BCUT2D eigenvalue weighted by Crippen LogP contribution is -2.19. The first-order valence-corrected chi connectivity index (χ1v) is 7.02. The van der Waals surface area contributed by atoms with E-state index >= 15 is 0 Å². The third kappa shape index (κ3) is 2.23. The van der Waals surface area contributed by atoms with Crippen LogP contribution in [0.5, 0.6) is 0 Å². The predicted octanol–water partition coefficient (Wildman–Crippen LogP) is 2.21. The fourth-order valence-corrected chi connectivity index (χ4v) is 2.63. The average molecular weight is 240 g/mol. The number of aromatic nitrogens is 2. The lowest BCUT2D eigenvalue weighted by atomic mass is 10.4. The van der Waals surface area contributed by atoms with Gasteiger partial charge in [0.25, 0.3) is 5.56 Å². The molecule has 3 nitrogen and oxygen atoms in total. The highest BCUT2D eigenvalue weighted by Crippen LogP contribution is 2.13. The lowest BCUT2D eigenvalue weighted by molar-refractivity contribution is 0.653.